The molecule has 0 bridgehead atoms. The van der Waals surface area contributed by atoms with Crippen molar-refractivity contribution in [2.45, 2.75) is 20.4 Å². The Labute approximate surface area is 116 Å². The van der Waals surface area contributed by atoms with Gasteiger partial charge in [0.25, 0.3) is 11.5 Å². The van der Waals surface area contributed by atoms with E-state index in [0.29, 0.717) is 23.3 Å². The Morgan fingerprint density at radius 3 is 2.85 bits per heavy atom. The minimum atomic E-state index is -0.272. The molecular formula is C15H15N3O2. The number of para-hydroxylation sites is 1. The SMILES string of the molecule is CC#CC(=O)N(CC)Cc1nc2ccccc2c(=O)[nH]1. The average Bonchev–Trinajstić information content (AvgIpc) is 2.45. The van der Waals surface area contributed by atoms with Crippen molar-refractivity contribution < 1.29 is 4.79 Å². The number of hydrogen-bond acceptors (Lipinski definition) is 3. The van der Waals surface area contributed by atoms with Crippen LogP contribution in [0, 0.1) is 11.8 Å². The van der Waals surface area contributed by atoms with E-state index in [1.165, 1.54) is 4.90 Å². The molecule has 0 unspecified atom stereocenters. The van der Waals surface area contributed by atoms with E-state index < -0.39 is 0 Å². The molecule has 0 spiro atoms. The Kier molecular flexibility index (Phi) is 4.16. The van der Waals surface area contributed by atoms with E-state index in [1.54, 1.807) is 25.1 Å². The van der Waals surface area contributed by atoms with Gasteiger partial charge >= 0.3 is 0 Å². The fourth-order valence-corrected chi connectivity index (χ4v) is 1.90. The van der Waals surface area contributed by atoms with Crippen LogP contribution in [-0.4, -0.2) is 27.3 Å². The Morgan fingerprint density at radius 2 is 2.15 bits per heavy atom. The standard InChI is InChI=1S/C15H15N3O2/c1-3-7-14(19)18(4-2)10-13-16-12-9-6-5-8-11(12)15(20)17-13/h5-6,8-9H,4,10H2,1-2H3,(H,16,17,20). The number of carbonyl (C=O) groups is 1. The average molecular weight is 269 g/mol. The summed E-state index contributed by atoms with van der Waals surface area (Å²) in [4.78, 5) is 32.3. The number of aromatic amines is 1. The molecule has 0 aliphatic heterocycles. The zero-order valence-electron chi connectivity index (χ0n) is 11.4. The molecule has 0 radical (unpaired) electrons. The summed E-state index contributed by atoms with van der Waals surface area (Å²) >= 11 is 0. The number of nitrogens with one attached hydrogen (secondary N) is 1. The summed E-state index contributed by atoms with van der Waals surface area (Å²) in [6, 6.07) is 7.11. The fraction of sp³-hybridized carbons (Fsp3) is 0.267. The second-order valence-corrected chi connectivity index (χ2v) is 4.22. The van der Waals surface area contributed by atoms with Crippen molar-refractivity contribution in [1.29, 1.82) is 0 Å². The van der Waals surface area contributed by atoms with Gasteiger partial charge in [0.15, 0.2) is 0 Å². The Morgan fingerprint density at radius 1 is 1.40 bits per heavy atom. The zero-order chi connectivity index (χ0) is 14.5. The third-order valence-electron chi connectivity index (χ3n) is 2.90. The van der Waals surface area contributed by atoms with Crippen LogP contribution in [0.5, 0.6) is 0 Å². The molecule has 5 heteroatoms. The smallest absolute Gasteiger partial charge is 0.298 e. The van der Waals surface area contributed by atoms with Crippen molar-refractivity contribution in [3.63, 3.8) is 0 Å². The van der Waals surface area contributed by atoms with Gasteiger partial charge < -0.3 is 9.88 Å². The van der Waals surface area contributed by atoms with E-state index >= 15 is 0 Å². The van der Waals surface area contributed by atoms with Crippen molar-refractivity contribution in [1.82, 2.24) is 14.9 Å². The molecule has 1 N–H and O–H groups in total. The highest BCUT2D eigenvalue weighted by Crippen LogP contribution is 2.07. The second-order valence-electron chi connectivity index (χ2n) is 4.22. The van der Waals surface area contributed by atoms with Crippen LogP contribution >= 0.6 is 0 Å². The lowest BCUT2D eigenvalue weighted by molar-refractivity contribution is -0.125. The third kappa shape index (κ3) is 2.86. The highest BCUT2D eigenvalue weighted by molar-refractivity contribution is 5.93. The van der Waals surface area contributed by atoms with Crippen LogP contribution < -0.4 is 5.56 Å². The number of amides is 1. The van der Waals surface area contributed by atoms with Crippen LogP contribution in [0.15, 0.2) is 29.1 Å². The molecule has 0 aliphatic rings. The fourth-order valence-electron chi connectivity index (χ4n) is 1.90. The van der Waals surface area contributed by atoms with Gasteiger partial charge in [-0.15, -0.1) is 0 Å². The maximum absolute atomic E-state index is 11.9. The maximum Gasteiger partial charge on any atom is 0.298 e. The predicted octanol–water partition coefficient (Wildman–Crippen LogP) is 1.29. The largest absolute Gasteiger partial charge is 0.325 e. The van der Waals surface area contributed by atoms with Gasteiger partial charge in [-0.2, -0.15) is 0 Å². The number of nitrogens with zero attached hydrogens (tertiary/aromatic N) is 2. The van der Waals surface area contributed by atoms with Crippen molar-refractivity contribution in [3.8, 4) is 11.8 Å². The second kappa shape index (κ2) is 6.02. The van der Waals surface area contributed by atoms with E-state index in [0.717, 1.165) is 0 Å². The van der Waals surface area contributed by atoms with Crippen LogP contribution in [0.1, 0.15) is 19.7 Å². The van der Waals surface area contributed by atoms with E-state index in [9.17, 15) is 9.59 Å². The summed E-state index contributed by atoms with van der Waals surface area (Å²) in [5.41, 5.74) is 0.423. The van der Waals surface area contributed by atoms with Crippen molar-refractivity contribution >= 4 is 16.8 Å². The number of fused-ring (bicyclic) bond motifs is 1. The molecule has 2 rings (SSSR count). The van der Waals surface area contributed by atoms with Gasteiger partial charge in [-0.1, -0.05) is 18.1 Å². The first-order chi connectivity index (χ1) is 9.65. The molecule has 102 valence electrons. The highest BCUT2D eigenvalue weighted by atomic mass is 16.2. The first-order valence-electron chi connectivity index (χ1n) is 6.35. The molecule has 1 heterocycles. The van der Waals surface area contributed by atoms with Crippen LogP contribution in [0.4, 0.5) is 0 Å². The molecule has 1 aromatic carbocycles. The normalized spacial score (nSPS) is 9.90. The first kappa shape index (κ1) is 13.8. The number of H-pyrrole nitrogens is 1. The van der Waals surface area contributed by atoms with Gasteiger partial charge in [0, 0.05) is 6.54 Å². The lowest BCUT2D eigenvalue weighted by Crippen LogP contribution is -2.30. The molecular weight excluding hydrogens is 254 g/mol. The van der Waals surface area contributed by atoms with E-state index in [2.05, 4.69) is 21.8 Å². The minimum Gasteiger partial charge on any atom is -0.325 e. The van der Waals surface area contributed by atoms with Crippen molar-refractivity contribution in [2.75, 3.05) is 6.54 Å². The molecule has 0 fully saturated rings. The van der Waals surface area contributed by atoms with Crippen LogP contribution in [-0.2, 0) is 11.3 Å². The lowest BCUT2D eigenvalue weighted by Gasteiger charge is -2.17. The lowest BCUT2D eigenvalue weighted by atomic mass is 10.2. The summed E-state index contributed by atoms with van der Waals surface area (Å²) < 4.78 is 0. The Balaban J connectivity index is 2.35. The van der Waals surface area contributed by atoms with Crippen LogP contribution in [0.3, 0.4) is 0 Å². The zero-order valence-corrected chi connectivity index (χ0v) is 11.4. The van der Waals surface area contributed by atoms with E-state index in [1.807, 2.05) is 13.0 Å². The number of carbonyl (C=O) groups excluding carboxylic acids is 1. The summed E-state index contributed by atoms with van der Waals surface area (Å²) in [6.07, 6.45) is 0. The molecule has 0 saturated heterocycles. The molecule has 5 nitrogen and oxygen atoms in total. The summed E-state index contributed by atoms with van der Waals surface area (Å²) in [7, 11) is 0. The molecule has 2 aromatic rings. The van der Waals surface area contributed by atoms with Gasteiger partial charge in [-0.05, 0) is 31.9 Å². The monoisotopic (exact) mass is 269 g/mol. The summed E-state index contributed by atoms with van der Waals surface area (Å²) in [5.74, 6) is 5.25. The van der Waals surface area contributed by atoms with Gasteiger partial charge in [-0.3, -0.25) is 9.59 Å². The number of benzene rings is 1. The number of hydrogen-bond donors (Lipinski definition) is 1. The van der Waals surface area contributed by atoms with Gasteiger partial charge in [0.1, 0.15) is 5.82 Å². The Hall–Kier alpha value is -2.61. The molecule has 0 aliphatic carbocycles. The van der Waals surface area contributed by atoms with E-state index in [4.69, 9.17) is 0 Å². The number of rotatable bonds is 3. The quantitative estimate of drug-likeness (QED) is 0.854. The first-order valence-corrected chi connectivity index (χ1v) is 6.35. The molecule has 1 aromatic heterocycles. The summed E-state index contributed by atoms with van der Waals surface area (Å²) in [6.45, 7) is 4.21. The third-order valence-corrected chi connectivity index (χ3v) is 2.90. The van der Waals surface area contributed by atoms with Crippen LogP contribution in [0.2, 0.25) is 0 Å². The predicted molar refractivity (Wildman–Crippen MR) is 76.9 cm³/mol. The van der Waals surface area contributed by atoms with Gasteiger partial charge in [-0.25, -0.2) is 4.98 Å². The number of aromatic nitrogens is 2. The Bertz CT molecular complexity index is 753. The topological polar surface area (TPSA) is 66.1 Å². The summed E-state index contributed by atoms with van der Waals surface area (Å²) in [5, 5.41) is 0.541. The molecule has 1 amide bonds. The minimum absolute atomic E-state index is 0.198. The van der Waals surface area contributed by atoms with Gasteiger partial charge in [0.2, 0.25) is 0 Å². The van der Waals surface area contributed by atoms with E-state index in [-0.39, 0.29) is 18.0 Å². The van der Waals surface area contributed by atoms with Crippen molar-refractivity contribution in [3.05, 3.63) is 40.4 Å². The van der Waals surface area contributed by atoms with Gasteiger partial charge in [0.05, 0.1) is 17.4 Å². The van der Waals surface area contributed by atoms with Crippen molar-refractivity contribution in [2.24, 2.45) is 0 Å². The van der Waals surface area contributed by atoms with Crippen LogP contribution in [0.25, 0.3) is 10.9 Å². The molecule has 20 heavy (non-hydrogen) atoms. The highest BCUT2D eigenvalue weighted by Gasteiger charge is 2.12. The maximum atomic E-state index is 11.9. The molecule has 0 saturated carbocycles. The molecule has 0 atom stereocenters.